The van der Waals surface area contributed by atoms with Crippen LogP contribution in [-0.2, 0) is 0 Å². The average molecular weight is 269 g/mol. The van der Waals surface area contributed by atoms with Gasteiger partial charge in [0.15, 0.2) is 0 Å². The van der Waals surface area contributed by atoms with Crippen LogP contribution in [0.3, 0.4) is 0 Å². The predicted molar refractivity (Wildman–Crippen MR) is 66.5 cm³/mol. The van der Waals surface area contributed by atoms with E-state index in [0.717, 1.165) is 6.07 Å². The molecule has 0 fully saturated rings. The molecule has 0 saturated carbocycles. The summed E-state index contributed by atoms with van der Waals surface area (Å²) in [5, 5.41) is 3.48. The van der Waals surface area contributed by atoms with Gasteiger partial charge in [-0.15, -0.1) is 0 Å². The van der Waals surface area contributed by atoms with Crippen LogP contribution in [0.1, 0.15) is 17.3 Å². The van der Waals surface area contributed by atoms with E-state index in [9.17, 15) is 8.78 Å². The third-order valence-corrected chi connectivity index (χ3v) is 2.78. The molecule has 0 bridgehead atoms. The molecule has 1 heterocycles. The summed E-state index contributed by atoms with van der Waals surface area (Å²) in [6, 6.07) is 6.41. The van der Waals surface area contributed by atoms with Crippen LogP contribution in [0.4, 0.5) is 8.78 Å². The molecule has 1 aromatic carbocycles. The minimum absolute atomic E-state index is 0.382. The quantitative estimate of drug-likeness (QED) is 0.924. The lowest BCUT2D eigenvalue weighted by molar-refractivity contribution is 0.570. The van der Waals surface area contributed by atoms with Crippen molar-refractivity contribution in [1.29, 1.82) is 0 Å². The Hall–Kier alpha value is -1.52. The monoisotopic (exact) mass is 268 g/mol. The summed E-state index contributed by atoms with van der Waals surface area (Å²) in [7, 11) is 1.70. The molecule has 0 radical (unpaired) electrons. The second kappa shape index (κ2) is 5.42. The van der Waals surface area contributed by atoms with Crippen molar-refractivity contribution in [3.8, 4) is 0 Å². The van der Waals surface area contributed by atoms with Gasteiger partial charge in [-0.2, -0.15) is 0 Å². The molecule has 0 aliphatic rings. The van der Waals surface area contributed by atoms with Gasteiger partial charge in [-0.25, -0.2) is 8.78 Å². The molecule has 2 nitrogen and oxygen atoms in total. The Morgan fingerprint density at radius 1 is 1.17 bits per heavy atom. The Morgan fingerprint density at radius 3 is 2.33 bits per heavy atom. The van der Waals surface area contributed by atoms with Gasteiger partial charge in [-0.3, -0.25) is 4.98 Å². The van der Waals surface area contributed by atoms with Crippen LogP contribution in [0.15, 0.2) is 36.5 Å². The number of benzene rings is 1. The number of nitrogens with zero attached hydrogens (tertiary/aromatic N) is 1. The molecule has 1 atom stereocenters. The van der Waals surface area contributed by atoms with Crippen LogP contribution < -0.4 is 5.32 Å². The Kier molecular flexibility index (Phi) is 3.89. The molecule has 1 unspecified atom stereocenters. The topological polar surface area (TPSA) is 24.9 Å². The molecule has 0 aliphatic carbocycles. The van der Waals surface area contributed by atoms with Crippen molar-refractivity contribution in [2.75, 3.05) is 7.05 Å². The first-order chi connectivity index (χ1) is 8.60. The number of pyridine rings is 1. The fourth-order valence-electron chi connectivity index (χ4n) is 1.79. The highest BCUT2D eigenvalue weighted by Crippen LogP contribution is 2.22. The average Bonchev–Trinajstić information content (AvgIpc) is 2.31. The molecule has 0 spiro atoms. The lowest BCUT2D eigenvalue weighted by atomic mass is 10.0. The maximum atomic E-state index is 13.2. The second-order valence-electron chi connectivity index (χ2n) is 3.83. The number of rotatable bonds is 3. The normalized spacial score (nSPS) is 12.4. The Bertz CT molecular complexity index is 523. The van der Waals surface area contributed by atoms with Crippen molar-refractivity contribution in [2.45, 2.75) is 6.04 Å². The number of hydrogen-bond acceptors (Lipinski definition) is 2. The number of nitrogens with one attached hydrogen (secondary N) is 1. The highest BCUT2D eigenvalue weighted by Gasteiger charge is 2.15. The lowest BCUT2D eigenvalue weighted by Gasteiger charge is -2.16. The first-order valence-corrected chi connectivity index (χ1v) is 5.72. The van der Waals surface area contributed by atoms with Gasteiger partial charge in [-0.1, -0.05) is 11.6 Å². The zero-order chi connectivity index (χ0) is 13.1. The Labute approximate surface area is 109 Å². The van der Waals surface area contributed by atoms with Gasteiger partial charge in [0.2, 0.25) is 0 Å². The number of halogens is 3. The molecule has 0 amide bonds. The van der Waals surface area contributed by atoms with Crippen molar-refractivity contribution in [3.05, 3.63) is 64.4 Å². The van der Waals surface area contributed by atoms with Crippen LogP contribution in [0.5, 0.6) is 0 Å². The molecule has 1 N–H and O–H groups in total. The first-order valence-electron chi connectivity index (χ1n) is 5.35. The maximum absolute atomic E-state index is 13.2. The fraction of sp³-hybridized carbons (Fsp3) is 0.154. The summed E-state index contributed by atoms with van der Waals surface area (Å²) in [4.78, 5) is 4.15. The molecular formula is C13H11ClF2N2. The third-order valence-electron chi connectivity index (χ3n) is 2.55. The van der Waals surface area contributed by atoms with Crippen LogP contribution in [0.2, 0.25) is 5.02 Å². The Balaban J connectivity index is 2.41. The summed E-state index contributed by atoms with van der Waals surface area (Å²) in [5.41, 5.74) is 1.12. The smallest absolute Gasteiger partial charge is 0.126 e. The van der Waals surface area contributed by atoms with Gasteiger partial charge < -0.3 is 5.32 Å². The van der Waals surface area contributed by atoms with Gasteiger partial charge in [0.05, 0.1) is 16.8 Å². The minimum atomic E-state index is -0.612. The van der Waals surface area contributed by atoms with E-state index in [2.05, 4.69) is 10.3 Å². The summed E-state index contributed by atoms with van der Waals surface area (Å²) in [6.07, 6.45) is 1.50. The van der Waals surface area contributed by atoms with Crippen LogP contribution in [0, 0.1) is 11.6 Å². The molecule has 2 rings (SSSR count). The van der Waals surface area contributed by atoms with Crippen LogP contribution >= 0.6 is 11.6 Å². The van der Waals surface area contributed by atoms with Crippen LogP contribution in [0.25, 0.3) is 0 Å². The van der Waals surface area contributed by atoms with Crippen molar-refractivity contribution >= 4 is 11.6 Å². The van der Waals surface area contributed by atoms with Crippen LogP contribution in [-0.4, -0.2) is 12.0 Å². The molecule has 1 aromatic heterocycles. The minimum Gasteiger partial charge on any atom is -0.308 e. The summed E-state index contributed by atoms with van der Waals surface area (Å²) < 4.78 is 26.4. The molecule has 5 heteroatoms. The summed E-state index contributed by atoms with van der Waals surface area (Å²) in [5.74, 6) is -1.22. The zero-order valence-electron chi connectivity index (χ0n) is 9.62. The van der Waals surface area contributed by atoms with Gasteiger partial charge in [0.1, 0.15) is 11.6 Å². The van der Waals surface area contributed by atoms with E-state index in [4.69, 9.17) is 11.6 Å². The molecule has 94 valence electrons. The first kappa shape index (κ1) is 12.9. The highest BCUT2D eigenvalue weighted by atomic mass is 35.5. The molecular weight excluding hydrogens is 258 g/mol. The van der Waals surface area contributed by atoms with E-state index in [0.29, 0.717) is 16.3 Å². The van der Waals surface area contributed by atoms with Gasteiger partial charge in [0, 0.05) is 12.3 Å². The van der Waals surface area contributed by atoms with E-state index in [1.54, 1.807) is 19.2 Å². The molecule has 0 saturated heterocycles. The molecule has 2 aromatic rings. The standard InChI is InChI=1S/C13H11ClF2N2/c1-17-13(12-3-2-9(14)7-18-12)8-4-10(15)6-11(16)5-8/h2-7,13,17H,1H3. The van der Waals surface area contributed by atoms with Gasteiger partial charge in [-0.05, 0) is 36.9 Å². The highest BCUT2D eigenvalue weighted by molar-refractivity contribution is 6.30. The summed E-state index contributed by atoms with van der Waals surface area (Å²) >= 11 is 5.75. The SMILES string of the molecule is CNC(c1cc(F)cc(F)c1)c1ccc(Cl)cn1. The van der Waals surface area contributed by atoms with E-state index < -0.39 is 11.6 Å². The van der Waals surface area contributed by atoms with Crippen molar-refractivity contribution < 1.29 is 8.78 Å². The van der Waals surface area contributed by atoms with Gasteiger partial charge in [0.25, 0.3) is 0 Å². The fourth-order valence-corrected chi connectivity index (χ4v) is 1.90. The predicted octanol–water partition coefficient (Wildman–Crippen LogP) is 3.32. The lowest BCUT2D eigenvalue weighted by Crippen LogP contribution is -2.19. The van der Waals surface area contributed by atoms with Crippen molar-refractivity contribution in [1.82, 2.24) is 10.3 Å². The largest absolute Gasteiger partial charge is 0.308 e. The molecule has 18 heavy (non-hydrogen) atoms. The summed E-state index contributed by atoms with van der Waals surface area (Å²) in [6.45, 7) is 0. The maximum Gasteiger partial charge on any atom is 0.126 e. The molecule has 0 aliphatic heterocycles. The van der Waals surface area contributed by atoms with E-state index in [1.165, 1.54) is 18.3 Å². The number of aromatic nitrogens is 1. The zero-order valence-corrected chi connectivity index (χ0v) is 10.4. The van der Waals surface area contributed by atoms with Gasteiger partial charge >= 0.3 is 0 Å². The van der Waals surface area contributed by atoms with E-state index in [1.807, 2.05) is 0 Å². The van der Waals surface area contributed by atoms with Crippen molar-refractivity contribution in [2.24, 2.45) is 0 Å². The van der Waals surface area contributed by atoms with Crippen molar-refractivity contribution in [3.63, 3.8) is 0 Å². The van der Waals surface area contributed by atoms with E-state index in [-0.39, 0.29) is 6.04 Å². The van der Waals surface area contributed by atoms with E-state index >= 15 is 0 Å². The second-order valence-corrected chi connectivity index (χ2v) is 4.26. The number of hydrogen-bond donors (Lipinski definition) is 1. The third kappa shape index (κ3) is 2.83. The Morgan fingerprint density at radius 2 is 1.83 bits per heavy atom.